The number of hydrogen-bond donors (Lipinski definition) is 0. The zero-order valence-electron chi connectivity index (χ0n) is 16.0. The van der Waals surface area contributed by atoms with Gasteiger partial charge in [-0.05, 0) is 12.1 Å². The highest BCUT2D eigenvalue weighted by Gasteiger charge is 2.22. The molecule has 2 heterocycles. The average Bonchev–Trinajstić information content (AvgIpc) is 2.61. The summed E-state index contributed by atoms with van der Waals surface area (Å²) in [6.45, 7) is 10.9. The number of aromatic nitrogens is 4. The minimum absolute atomic E-state index is 0.110. The van der Waals surface area contributed by atoms with E-state index in [4.69, 9.17) is 1.37 Å². The minimum Gasteiger partial charge on any atom is -0.313 e. The van der Waals surface area contributed by atoms with Gasteiger partial charge < -0.3 is 4.90 Å². The molecule has 0 unspecified atom stereocenters. The van der Waals surface area contributed by atoms with E-state index in [-0.39, 0.29) is 6.17 Å². The largest absolute Gasteiger partial charge is 0.313 e. The predicted octanol–water partition coefficient (Wildman–Crippen LogP) is 4.46. The van der Waals surface area contributed by atoms with Gasteiger partial charge in [0.1, 0.15) is 5.52 Å². The van der Waals surface area contributed by atoms with Crippen molar-refractivity contribution >= 4 is 30.9 Å². The molecule has 0 atom stereocenters. The highest BCUT2D eigenvalue weighted by molar-refractivity contribution is 6.76. The second kappa shape index (κ2) is 7.96. The van der Waals surface area contributed by atoms with Crippen molar-refractivity contribution in [2.75, 3.05) is 11.1 Å². The molecule has 3 rings (SSSR count). The number of fused-ring (bicyclic) bond motifs is 1. The molecule has 0 saturated carbocycles. The predicted molar refractivity (Wildman–Crippen MR) is 103 cm³/mol. The highest BCUT2D eigenvalue weighted by atomic mass is 28.3. The van der Waals surface area contributed by atoms with Crippen LogP contribution < -0.4 is 4.90 Å². The third kappa shape index (κ3) is 4.58. The topological polar surface area (TPSA) is 54.8 Å². The maximum absolute atomic E-state index is 7.62. The van der Waals surface area contributed by atoms with Crippen LogP contribution in [-0.4, -0.2) is 34.2 Å². The number of para-hydroxylation sites is 1. The number of nitrogens with zero attached hydrogens (tertiary/aromatic N) is 5. The van der Waals surface area contributed by atoms with Crippen LogP contribution in [0.4, 0.5) is 11.6 Å². The number of rotatable bonds is 4. The molecule has 1 aromatic carbocycles. The van der Waals surface area contributed by atoms with E-state index in [2.05, 4.69) is 56.6 Å². The molecule has 0 saturated heterocycles. The molecule has 24 heavy (non-hydrogen) atoms. The molecule has 0 aliphatic heterocycles. The Bertz CT molecular complexity index is 821. The van der Waals surface area contributed by atoms with E-state index in [0.29, 0.717) is 17.1 Å². The van der Waals surface area contributed by atoms with E-state index >= 15 is 0 Å². The molecule has 0 bridgehead atoms. The fraction of sp³-hybridized carbons (Fsp3) is 0.333. The smallest absolute Gasteiger partial charge is 0.231 e. The second-order valence-corrected chi connectivity index (χ2v) is 11.8. The third-order valence-electron chi connectivity index (χ3n) is 3.11. The van der Waals surface area contributed by atoms with Gasteiger partial charge in [-0.3, -0.25) is 0 Å². The Balaban J connectivity index is 0.00000109. The Labute approximate surface area is 146 Å². The average molecular weight is 341 g/mol. The van der Waals surface area contributed by atoms with Crippen molar-refractivity contribution in [3.05, 3.63) is 48.9 Å². The second-order valence-electron chi connectivity index (χ2n) is 6.36. The molecular weight excluding hydrogens is 314 g/mol. The summed E-state index contributed by atoms with van der Waals surface area (Å²) < 4.78 is 7.62. The van der Waals surface area contributed by atoms with Gasteiger partial charge in [0, 0.05) is 24.2 Å². The van der Waals surface area contributed by atoms with Crippen molar-refractivity contribution in [3.8, 4) is 0 Å². The highest BCUT2D eigenvalue weighted by Crippen LogP contribution is 2.24. The SMILES string of the molecule is CC.[2H]c1cnc2cnc(N(C[Si](C)(C)C)c3ccccc3)nc2n1. The van der Waals surface area contributed by atoms with Crippen LogP contribution in [-0.2, 0) is 0 Å². The Hall–Kier alpha value is -2.34. The van der Waals surface area contributed by atoms with Gasteiger partial charge in [-0.15, -0.1) is 0 Å². The summed E-state index contributed by atoms with van der Waals surface area (Å²) in [5.41, 5.74) is 2.12. The van der Waals surface area contributed by atoms with Gasteiger partial charge in [0.2, 0.25) is 5.95 Å². The van der Waals surface area contributed by atoms with Gasteiger partial charge in [-0.2, -0.15) is 4.98 Å². The standard InChI is InChI=1S/C16H19N5Si.C2H6/c1-22(2,3)12-21(13-7-5-4-6-8-13)16-19-11-14-15(20-16)18-10-9-17-14;1-2/h4-11H,12H2,1-3H3;1-2H3/i10D;. The van der Waals surface area contributed by atoms with Crippen LogP contribution in [0.15, 0.2) is 48.9 Å². The lowest BCUT2D eigenvalue weighted by Gasteiger charge is -2.29. The van der Waals surface area contributed by atoms with Crippen molar-refractivity contribution in [1.82, 2.24) is 19.9 Å². The molecule has 0 radical (unpaired) electrons. The molecule has 0 spiro atoms. The first-order chi connectivity index (χ1) is 11.9. The Kier molecular flexibility index (Phi) is 5.48. The lowest BCUT2D eigenvalue weighted by Crippen LogP contribution is -2.38. The first-order valence-corrected chi connectivity index (χ1v) is 11.9. The monoisotopic (exact) mass is 340 g/mol. The zero-order chi connectivity index (χ0) is 18.4. The van der Waals surface area contributed by atoms with E-state index < -0.39 is 8.07 Å². The van der Waals surface area contributed by atoms with Gasteiger partial charge >= 0.3 is 0 Å². The molecule has 2 aromatic heterocycles. The Morgan fingerprint density at radius 2 is 1.75 bits per heavy atom. The summed E-state index contributed by atoms with van der Waals surface area (Å²) in [5, 5.41) is 0. The molecule has 5 nitrogen and oxygen atoms in total. The molecule has 0 aliphatic carbocycles. The first-order valence-electron chi connectivity index (χ1n) is 8.71. The van der Waals surface area contributed by atoms with Gasteiger partial charge in [-0.1, -0.05) is 51.7 Å². The van der Waals surface area contributed by atoms with Crippen molar-refractivity contribution in [2.45, 2.75) is 33.5 Å². The van der Waals surface area contributed by atoms with E-state index in [0.717, 1.165) is 11.9 Å². The summed E-state index contributed by atoms with van der Waals surface area (Å²) in [6.07, 6.45) is 4.09. The summed E-state index contributed by atoms with van der Waals surface area (Å²) in [5.74, 6) is 0.603. The van der Waals surface area contributed by atoms with Crippen molar-refractivity contribution in [2.24, 2.45) is 0 Å². The molecule has 0 aliphatic rings. The molecule has 6 heteroatoms. The number of anilines is 2. The minimum atomic E-state index is -1.39. The third-order valence-corrected chi connectivity index (χ3v) is 4.38. The molecule has 0 amide bonds. The normalized spacial score (nSPS) is 11.5. The van der Waals surface area contributed by atoms with E-state index in [1.54, 1.807) is 6.20 Å². The first kappa shape index (κ1) is 16.5. The van der Waals surface area contributed by atoms with Gasteiger partial charge in [0.25, 0.3) is 0 Å². The van der Waals surface area contributed by atoms with Crippen molar-refractivity contribution in [1.29, 1.82) is 0 Å². The summed E-state index contributed by atoms with van der Waals surface area (Å²) >= 11 is 0. The fourth-order valence-corrected chi connectivity index (χ4v) is 3.48. The zero-order valence-corrected chi connectivity index (χ0v) is 16.0. The Morgan fingerprint density at radius 3 is 2.42 bits per heavy atom. The lowest BCUT2D eigenvalue weighted by molar-refractivity contribution is 1.01. The van der Waals surface area contributed by atoms with Gasteiger partial charge in [0.05, 0.1) is 15.6 Å². The molecule has 3 aromatic rings. The van der Waals surface area contributed by atoms with Gasteiger partial charge in [-0.25, -0.2) is 15.0 Å². The van der Waals surface area contributed by atoms with Crippen LogP contribution in [0, 0.1) is 0 Å². The van der Waals surface area contributed by atoms with Crippen LogP contribution in [0.5, 0.6) is 0 Å². The Morgan fingerprint density at radius 1 is 1.04 bits per heavy atom. The maximum Gasteiger partial charge on any atom is 0.231 e. The maximum atomic E-state index is 7.62. The van der Waals surface area contributed by atoms with Crippen LogP contribution >= 0.6 is 0 Å². The number of benzene rings is 1. The van der Waals surface area contributed by atoms with Crippen molar-refractivity contribution < 1.29 is 1.37 Å². The molecule has 0 fully saturated rings. The van der Waals surface area contributed by atoms with Crippen molar-refractivity contribution in [3.63, 3.8) is 0 Å². The van der Waals surface area contributed by atoms with E-state index in [1.807, 2.05) is 32.0 Å². The quantitative estimate of drug-likeness (QED) is 0.656. The van der Waals surface area contributed by atoms with Crippen LogP contribution in [0.3, 0.4) is 0 Å². The van der Waals surface area contributed by atoms with Crippen LogP contribution in [0.25, 0.3) is 11.2 Å². The lowest BCUT2D eigenvalue weighted by atomic mass is 10.3. The van der Waals surface area contributed by atoms with Crippen LogP contribution in [0.2, 0.25) is 19.6 Å². The summed E-state index contributed by atoms with van der Waals surface area (Å²) in [6, 6.07) is 10.1. The van der Waals surface area contributed by atoms with E-state index in [1.165, 1.54) is 6.20 Å². The van der Waals surface area contributed by atoms with Crippen LogP contribution in [0.1, 0.15) is 15.2 Å². The van der Waals surface area contributed by atoms with E-state index in [9.17, 15) is 0 Å². The fourth-order valence-electron chi connectivity index (χ4n) is 2.21. The molecular formula is C18H25N5Si. The summed E-state index contributed by atoms with van der Waals surface area (Å²) in [4.78, 5) is 19.4. The molecule has 0 N–H and O–H groups in total. The number of hydrogen-bond acceptors (Lipinski definition) is 5. The molecule has 126 valence electrons. The summed E-state index contributed by atoms with van der Waals surface area (Å²) in [7, 11) is -1.39. The van der Waals surface area contributed by atoms with Gasteiger partial charge in [0.15, 0.2) is 5.65 Å².